The maximum atomic E-state index is 3.36. The molecule has 1 rings (SSSR count). The summed E-state index contributed by atoms with van der Waals surface area (Å²) in [7, 11) is 2.08. The molecule has 2 atom stereocenters. The van der Waals surface area contributed by atoms with Crippen LogP contribution in [0.1, 0.15) is 33.1 Å². The van der Waals surface area contributed by atoms with Gasteiger partial charge in [-0.25, -0.2) is 0 Å². The van der Waals surface area contributed by atoms with E-state index in [4.69, 9.17) is 0 Å². The molecule has 1 aliphatic carbocycles. The van der Waals surface area contributed by atoms with E-state index < -0.39 is 0 Å². The summed E-state index contributed by atoms with van der Waals surface area (Å²) in [4.78, 5) is 0. The number of hydrogen-bond acceptors (Lipinski definition) is 1. The van der Waals surface area contributed by atoms with Gasteiger partial charge in [0.15, 0.2) is 0 Å². The molecule has 1 aliphatic rings. The third-order valence-corrected chi connectivity index (χ3v) is 2.59. The molecule has 0 aromatic rings. The zero-order valence-electron chi connectivity index (χ0n) is 7.35. The molecule has 0 bridgehead atoms. The van der Waals surface area contributed by atoms with Gasteiger partial charge in [0.25, 0.3) is 0 Å². The van der Waals surface area contributed by atoms with Crippen LogP contribution in [-0.4, -0.2) is 13.1 Å². The summed E-state index contributed by atoms with van der Waals surface area (Å²) in [6, 6.07) is 0.791. The predicted octanol–water partition coefficient (Wildman–Crippen LogP) is 2.03. The van der Waals surface area contributed by atoms with Crippen LogP contribution >= 0.6 is 0 Å². The van der Waals surface area contributed by atoms with Gasteiger partial charge in [0, 0.05) is 6.04 Å². The molecule has 0 spiro atoms. The summed E-state index contributed by atoms with van der Waals surface area (Å²) >= 11 is 0. The van der Waals surface area contributed by atoms with E-state index in [9.17, 15) is 0 Å². The maximum Gasteiger partial charge on any atom is 0.00691 e. The van der Waals surface area contributed by atoms with E-state index in [0.29, 0.717) is 0 Å². The smallest absolute Gasteiger partial charge is 0.00691 e. The van der Waals surface area contributed by atoms with Gasteiger partial charge in [-0.1, -0.05) is 13.8 Å². The second-order valence-electron chi connectivity index (χ2n) is 3.90. The van der Waals surface area contributed by atoms with Crippen molar-refractivity contribution in [1.29, 1.82) is 0 Å². The average molecular weight is 141 g/mol. The van der Waals surface area contributed by atoms with Crippen LogP contribution in [0.5, 0.6) is 0 Å². The van der Waals surface area contributed by atoms with Crippen LogP contribution in [0.25, 0.3) is 0 Å². The SMILES string of the molecule is CNC1CC(C)CC(C)C1. The number of rotatable bonds is 1. The third kappa shape index (κ3) is 1.98. The summed E-state index contributed by atoms with van der Waals surface area (Å²) in [5.74, 6) is 1.86. The summed E-state index contributed by atoms with van der Waals surface area (Å²) in [6.45, 7) is 4.72. The van der Waals surface area contributed by atoms with Crippen molar-refractivity contribution in [1.82, 2.24) is 5.32 Å². The monoisotopic (exact) mass is 141 g/mol. The minimum absolute atomic E-state index is 0.791. The van der Waals surface area contributed by atoms with Crippen LogP contribution in [0.3, 0.4) is 0 Å². The van der Waals surface area contributed by atoms with E-state index in [2.05, 4.69) is 26.2 Å². The van der Waals surface area contributed by atoms with Gasteiger partial charge in [-0.3, -0.25) is 0 Å². The Bertz CT molecular complexity index is 90.9. The Labute approximate surface area is 64.2 Å². The van der Waals surface area contributed by atoms with Gasteiger partial charge >= 0.3 is 0 Å². The molecular weight excluding hydrogens is 122 g/mol. The van der Waals surface area contributed by atoms with Crippen molar-refractivity contribution < 1.29 is 0 Å². The highest BCUT2D eigenvalue weighted by atomic mass is 14.9. The van der Waals surface area contributed by atoms with Crippen molar-refractivity contribution in [3.8, 4) is 0 Å². The van der Waals surface area contributed by atoms with Crippen molar-refractivity contribution in [2.24, 2.45) is 11.8 Å². The lowest BCUT2D eigenvalue weighted by Crippen LogP contribution is -2.33. The Balaban J connectivity index is 2.35. The molecular formula is C9H19N. The molecule has 10 heavy (non-hydrogen) atoms. The molecule has 1 N–H and O–H groups in total. The van der Waals surface area contributed by atoms with Crippen molar-refractivity contribution in [2.75, 3.05) is 7.05 Å². The van der Waals surface area contributed by atoms with Crippen LogP contribution in [0.2, 0.25) is 0 Å². The largest absolute Gasteiger partial charge is 0.317 e. The van der Waals surface area contributed by atoms with Crippen LogP contribution in [-0.2, 0) is 0 Å². The maximum absolute atomic E-state index is 3.36. The molecule has 1 fully saturated rings. The van der Waals surface area contributed by atoms with E-state index in [1.165, 1.54) is 19.3 Å². The number of nitrogens with one attached hydrogen (secondary N) is 1. The van der Waals surface area contributed by atoms with Gasteiger partial charge in [-0.2, -0.15) is 0 Å². The zero-order chi connectivity index (χ0) is 7.56. The topological polar surface area (TPSA) is 12.0 Å². The lowest BCUT2D eigenvalue weighted by molar-refractivity contribution is 0.247. The van der Waals surface area contributed by atoms with Crippen LogP contribution in [0.15, 0.2) is 0 Å². The Hall–Kier alpha value is -0.0400. The molecule has 0 saturated heterocycles. The van der Waals surface area contributed by atoms with E-state index >= 15 is 0 Å². The van der Waals surface area contributed by atoms with Gasteiger partial charge in [0.2, 0.25) is 0 Å². The number of hydrogen-bond donors (Lipinski definition) is 1. The third-order valence-electron chi connectivity index (χ3n) is 2.59. The Morgan fingerprint density at radius 1 is 1.00 bits per heavy atom. The first-order chi connectivity index (χ1) is 4.72. The first-order valence-electron chi connectivity index (χ1n) is 4.39. The van der Waals surface area contributed by atoms with Gasteiger partial charge < -0.3 is 5.32 Å². The first kappa shape index (κ1) is 8.06. The molecule has 0 heterocycles. The fourth-order valence-electron chi connectivity index (χ4n) is 2.18. The fourth-order valence-corrected chi connectivity index (χ4v) is 2.18. The van der Waals surface area contributed by atoms with Gasteiger partial charge in [-0.05, 0) is 38.1 Å². The van der Waals surface area contributed by atoms with Crippen molar-refractivity contribution >= 4 is 0 Å². The minimum atomic E-state index is 0.791. The molecule has 1 nitrogen and oxygen atoms in total. The van der Waals surface area contributed by atoms with E-state index in [0.717, 1.165) is 17.9 Å². The molecule has 2 unspecified atom stereocenters. The van der Waals surface area contributed by atoms with E-state index in [-0.39, 0.29) is 0 Å². The molecule has 0 radical (unpaired) electrons. The lowest BCUT2D eigenvalue weighted by atomic mass is 9.80. The second-order valence-corrected chi connectivity index (χ2v) is 3.90. The molecule has 60 valence electrons. The lowest BCUT2D eigenvalue weighted by Gasteiger charge is -2.30. The summed E-state index contributed by atoms with van der Waals surface area (Å²) in [6.07, 6.45) is 4.18. The highest BCUT2D eigenvalue weighted by Crippen LogP contribution is 2.27. The van der Waals surface area contributed by atoms with E-state index in [1.54, 1.807) is 0 Å². The van der Waals surface area contributed by atoms with Crippen molar-refractivity contribution in [2.45, 2.75) is 39.2 Å². The highest BCUT2D eigenvalue weighted by molar-refractivity contribution is 4.78. The fraction of sp³-hybridized carbons (Fsp3) is 1.00. The van der Waals surface area contributed by atoms with Crippen LogP contribution < -0.4 is 5.32 Å². The Morgan fingerprint density at radius 3 is 1.90 bits per heavy atom. The van der Waals surface area contributed by atoms with Crippen LogP contribution in [0, 0.1) is 11.8 Å². The molecule has 0 aromatic carbocycles. The summed E-state index contributed by atoms with van der Waals surface area (Å²) in [5, 5.41) is 3.36. The van der Waals surface area contributed by atoms with Crippen molar-refractivity contribution in [3.63, 3.8) is 0 Å². The average Bonchev–Trinajstić information content (AvgIpc) is 1.85. The van der Waals surface area contributed by atoms with E-state index in [1.807, 2.05) is 0 Å². The Morgan fingerprint density at radius 2 is 1.50 bits per heavy atom. The van der Waals surface area contributed by atoms with Crippen molar-refractivity contribution in [3.05, 3.63) is 0 Å². The quantitative estimate of drug-likeness (QED) is 0.589. The molecule has 1 heteroatoms. The predicted molar refractivity (Wildman–Crippen MR) is 45.0 cm³/mol. The second kappa shape index (κ2) is 3.38. The van der Waals surface area contributed by atoms with Gasteiger partial charge in [0.05, 0.1) is 0 Å². The Kier molecular flexibility index (Phi) is 2.72. The normalized spacial score (nSPS) is 41.7. The first-order valence-corrected chi connectivity index (χ1v) is 4.39. The molecule has 1 saturated carbocycles. The standard InChI is InChI=1S/C9H19N/c1-7-4-8(2)6-9(5-7)10-3/h7-10H,4-6H2,1-3H3. The van der Waals surface area contributed by atoms with Gasteiger partial charge in [-0.15, -0.1) is 0 Å². The summed E-state index contributed by atoms with van der Waals surface area (Å²) < 4.78 is 0. The van der Waals surface area contributed by atoms with Gasteiger partial charge in [0.1, 0.15) is 0 Å². The van der Waals surface area contributed by atoms with Crippen LogP contribution in [0.4, 0.5) is 0 Å². The zero-order valence-corrected chi connectivity index (χ0v) is 7.35. The summed E-state index contributed by atoms with van der Waals surface area (Å²) in [5.41, 5.74) is 0. The molecule has 0 aromatic heterocycles. The minimum Gasteiger partial charge on any atom is -0.317 e. The molecule has 0 amide bonds. The molecule has 0 aliphatic heterocycles. The highest BCUT2D eigenvalue weighted by Gasteiger charge is 2.21.